The number of benzene rings is 3. The van der Waals surface area contributed by atoms with Gasteiger partial charge < -0.3 is 10.2 Å². The second kappa shape index (κ2) is 12.9. The van der Waals surface area contributed by atoms with E-state index in [1.807, 2.05) is 85.5 Å². The van der Waals surface area contributed by atoms with Crippen molar-refractivity contribution in [2.24, 2.45) is 5.92 Å². The summed E-state index contributed by atoms with van der Waals surface area (Å²) < 4.78 is 1.68. The zero-order valence-electron chi connectivity index (χ0n) is 24.0. The lowest BCUT2D eigenvalue weighted by Gasteiger charge is -2.32. The summed E-state index contributed by atoms with van der Waals surface area (Å²) in [6, 6.07) is 21.6. The Hall–Kier alpha value is -3.65. The van der Waals surface area contributed by atoms with Crippen LogP contribution in [0, 0.1) is 5.92 Å². The van der Waals surface area contributed by atoms with Crippen LogP contribution in [-0.2, 0) is 16.1 Å². The third-order valence-corrected chi connectivity index (χ3v) is 9.22. The zero-order valence-corrected chi connectivity index (χ0v) is 24.8. The van der Waals surface area contributed by atoms with Crippen molar-refractivity contribution in [3.05, 3.63) is 82.6 Å². The van der Waals surface area contributed by atoms with E-state index in [2.05, 4.69) is 12.2 Å². The van der Waals surface area contributed by atoms with Crippen molar-refractivity contribution in [2.45, 2.75) is 69.4 Å². The van der Waals surface area contributed by atoms with Crippen LogP contribution >= 0.6 is 11.8 Å². The summed E-state index contributed by atoms with van der Waals surface area (Å²) in [6.45, 7) is 7.71. The van der Waals surface area contributed by atoms with Crippen LogP contribution in [0.1, 0.15) is 57.3 Å². The van der Waals surface area contributed by atoms with E-state index in [9.17, 15) is 14.4 Å². The quantitative estimate of drug-likeness (QED) is 0.145. The Kier molecular flexibility index (Phi) is 9.08. The second-order valence-electron chi connectivity index (χ2n) is 10.8. The van der Waals surface area contributed by atoms with Crippen molar-refractivity contribution in [2.75, 3.05) is 13.1 Å². The van der Waals surface area contributed by atoms with Crippen molar-refractivity contribution in [1.82, 2.24) is 19.8 Å². The zero-order chi connectivity index (χ0) is 28.9. The number of carbonyl (C=O) groups is 2. The number of thioether (sulfide) groups is 1. The molecule has 0 aliphatic carbocycles. The molecule has 1 saturated heterocycles. The van der Waals surface area contributed by atoms with Crippen LogP contribution in [0.2, 0.25) is 0 Å². The summed E-state index contributed by atoms with van der Waals surface area (Å²) in [6.07, 6.45) is 3.16. The molecule has 2 unspecified atom stereocenters. The SMILES string of the molecule is CCCC(=O)NC[C@H](C)C1CCCN1C(=O)C(Sc1nc2cc3ccccc3cc2c(=O)n1CC)c1ccccc1. The van der Waals surface area contributed by atoms with Gasteiger partial charge in [0, 0.05) is 32.1 Å². The highest BCUT2D eigenvalue weighted by Crippen LogP contribution is 2.39. The van der Waals surface area contributed by atoms with Crippen LogP contribution in [0.4, 0.5) is 0 Å². The minimum absolute atomic E-state index is 0.0194. The lowest BCUT2D eigenvalue weighted by atomic mass is 9.98. The number of fused-ring (bicyclic) bond motifs is 2. The summed E-state index contributed by atoms with van der Waals surface area (Å²) in [4.78, 5) is 47.0. The molecule has 0 bridgehead atoms. The Bertz CT molecular complexity index is 1600. The first kappa shape index (κ1) is 28.9. The van der Waals surface area contributed by atoms with Gasteiger partial charge in [0.2, 0.25) is 11.8 Å². The smallest absolute Gasteiger partial charge is 0.262 e. The van der Waals surface area contributed by atoms with Crippen molar-refractivity contribution < 1.29 is 9.59 Å². The second-order valence-corrected chi connectivity index (χ2v) is 11.9. The molecular formula is C33H38N4O3S. The molecule has 8 heteroatoms. The van der Waals surface area contributed by atoms with Gasteiger partial charge in [0.05, 0.1) is 10.9 Å². The molecule has 5 rings (SSSR count). The van der Waals surface area contributed by atoms with E-state index < -0.39 is 5.25 Å². The molecule has 0 saturated carbocycles. The standard InChI is InChI=1S/C33H38N4O3S/c1-4-12-29(38)34-21-22(3)28-17-11-18-37(28)32(40)30(23-13-7-6-8-14-23)41-33-35-27-20-25-16-10-9-15-24(25)19-26(27)31(39)36(33)5-2/h6-10,13-16,19-20,22,28,30H,4-5,11-12,17-18,21H2,1-3H3,(H,34,38)/t22-,28?,30?/m0/s1. The van der Waals surface area contributed by atoms with Gasteiger partial charge in [0.15, 0.2) is 5.16 Å². The predicted octanol–water partition coefficient (Wildman–Crippen LogP) is 5.95. The Morgan fingerprint density at radius 3 is 2.46 bits per heavy atom. The lowest BCUT2D eigenvalue weighted by Crippen LogP contribution is -2.44. The van der Waals surface area contributed by atoms with E-state index in [4.69, 9.17) is 4.98 Å². The first-order valence-corrected chi connectivity index (χ1v) is 15.5. The number of hydrogen-bond acceptors (Lipinski definition) is 5. The maximum atomic E-state index is 14.3. The van der Waals surface area contributed by atoms with Gasteiger partial charge in [-0.2, -0.15) is 0 Å². The number of amides is 2. The number of nitrogens with one attached hydrogen (secondary N) is 1. The molecule has 2 amide bonds. The van der Waals surface area contributed by atoms with Gasteiger partial charge in [0.1, 0.15) is 5.25 Å². The van der Waals surface area contributed by atoms with Gasteiger partial charge in [0.25, 0.3) is 5.56 Å². The van der Waals surface area contributed by atoms with E-state index in [1.165, 1.54) is 11.8 Å². The van der Waals surface area contributed by atoms with Gasteiger partial charge in [-0.05, 0) is 60.6 Å². The number of nitrogens with zero attached hydrogens (tertiary/aromatic N) is 3. The molecule has 1 fully saturated rings. The molecule has 1 aliphatic rings. The third-order valence-electron chi connectivity index (χ3n) is 7.99. The van der Waals surface area contributed by atoms with E-state index in [0.29, 0.717) is 42.1 Å². The molecule has 1 aliphatic heterocycles. The summed E-state index contributed by atoms with van der Waals surface area (Å²) >= 11 is 1.35. The fourth-order valence-electron chi connectivity index (χ4n) is 5.79. The fraction of sp³-hybridized carbons (Fsp3) is 0.394. The largest absolute Gasteiger partial charge is 0.356 e. The highest BCUT2D eigenvalue weighted by atomic mass is 32.2. The van der Waals surface area contributed by atoms with Crippen molar-refractivity contribution in [3.8, 4) is 0 Å². The maximum Gasteiger partial charge on any atom is 0.262 e. The molecule has 41 heavy (non-hydrogen) atoms. The van der Waals surface area contributed by atoms with Gasteiger partial charge in [-0.15, -0.1) is 0 Å². The molecule has 4 aromatic rings. The Labute approximate surface area is 245 Å². The minimum Gasteiger partial charge on any atom is -0.356 e. The van der Waals surface area contributed by atoms with Crippen molar-refractivity contribution in [3.63, 3.8) is 0 Å². The molecule has 1 N–H and O–H groups in total. The highest BCUT2D eigenvalue weighted by Gasteiger charge is 2.37. The molecule has 0 radical (unpaired) electrons. The van der Waals surface area contributed by atoms with E-state index in [0.717, 1.165) is 35.6 Å². The van der Waals surface area contributed by atoms with Gasteiger partial charge in [-0.25, -0.2) is 4.98 Å². The van der Waals surface area contributed by atoms with Crippen LogP contribution in [0.25, 0.3) is 21.7 Å². The Morgan fingerprint density at radius 2 is 1.76 bits per heavy atom. The highest BCUT2D eigenvalue weighted by molar-refractivity contribution is 8.00. The third kappa shape index (κ3) is 6.17. The van der Waals surface area contributed by atoms with Crippen LogP contribution in [0.15, 0.2) is 76.7 Å². The molecule has 3 atom stereocenters. The topological polar surface area (TPSA) is 84.3 Å². The van der Waals surface area contributed by atoms with Gasteiger partial charge >= 0.3 is 0 Å². The predicted molar refractivity (Wildman–Crippen MR) is 166 cm³/mol. The van der Waals surface area contributed by atoms with Crippen LogP contribution < -0.4 is 10.9 Å². The fourth-order valence-corrected chi connectivity index (χ4v) is 7.02. The van der Waals surface area contributed by atoms with E-state index in [-0.39, 0.29) is 29.3 Å². The Balaban J connectivity index is 1.49. The van der Waals surface area contributed by atoms with Crippen LogP contribution in [0.3, 0.4) is 0 Å². The lowest BCUT2D eigenvalue weighted by molar-refractivity contribution is -0.132. The normalized spacial score (nSPS) is 16.7. The van der Waals surface area contributed by atoms with Crippen molar-refractivity contribution >= 4 is 45.3 Å². The van der Waals surface area contributed by atoms with Gasteiger partial charge in [-0.3, -0.25) is 19.0 Å². The minimum atomic E-state index is -0.554. The molecule has 3 aromatic carbocycles. The monoisotopic (exact) mass is 570 g/mol. The molecular weight excluding hydrogens is 532 g/mol. The first-order chi connectivity index (χ1) is 19.9. The number of likely N-dealkylation sites (tertiary alicyclic amines) is 1. The van der Waals surface area contributed by atoms with Gasteiger partial charge in [-0.1, -0.05) is 80.2 Å². The average molecular weight is 571 g/mol. The molecule has 2 heterocycles. The number of carbonyl (C=O) groups excluding carboxylic acids is 2. The molecule has 1 aromatic heterocycles. The number of aromatic nitrogens is 2. The summed E-state index contributed by atoms with van der Waals surface area (Å²) in [5.41, 5.74) is 1.42. The van der Waals surface area contributed by atoms with Crippen molar-refractivity contribution in [1.29, 1.82) is 0 Å². The van der Waals surface area contributed by atoms with Crippen LogP contribution in [0.5, 0.6) is 0 Å². The van der Waals surface area contributed by atoms with E-state index in [1.54, 1.807) is 4.57 Å². The maximum absolute atomic E-state index is 14.3. The summed E-state index contributed by atoms with van der Waals surface area (Å²) in [5.74, 6) is 0.205. The average Bonchev–Trinajstić information content (AvgIpc) is 3.49. The Morgan fingerprint density at radius 1 is 1.05 bits per heavy atom. The summed E-state index contributed by atoms with van der Waals surface area (Å²) in [5, 5.41) is 5.63. The molecule has 7 nitrogen and oxygen atoms in total. The van der Waals surface area contributed by atoms with E-state index >= 15 is 0 Å². The van der Waals surface area contributed by atoms with Crippen LogP contribution in [-0.4, -0.2) is 45.4 Å². The molecule has 0 spiro atoms. The molecule has 214 valence electrons. The number of hydrogen-bond donors (Lipinski definition) is 1. The summed E-state index contributed by atoms with van der Waals surface area (Å²) in [7, 11) is 0. The number of rotatable bonds is 10. The first-order valence-electron chi connectivity index (χ1n) is 14.6.